The summed E-state index contributed by atoms with van der Waals surface area (Å²) in [6.07, 6.45) is 8.12. The van der Waals surface area contributed by atoms with E-state index in [1.807, 2.05) is 42.9 Å². The topological polar surface area (TPSA) is 38.1 Å². The molecule has 4 rings (SSSR count). The van der Waals surface area contributed by atoms with Gasteiger partial charge in [-0.25, -0.2) is 0 Å². The summed E-state index contributed by atoms with van der Waals surface area (Å²) in [5.74, 6) is 0.169. The van der Waals surface area contributed by atoms with Gasteiger partial charge in [-0.2, -0.15) is 5.10 Å². The molecule has 4 heteroatoms. The van der Waals surface area contributed by atoms with Crippen molar-refractivity contribution in [2.45, 2.75) is 64.5 Å². The monoisotopic (exact) mass is 337 g/mol. The summed E-state index contributed by atoms with van der Waals surface area (Å²) in [6.45, 7) is 2.68. The molecule has 0 bridgehead atoms. The summed E-state index contributed by atoms with van der Waals surface area (Å²) >= 11 is 0. The number of hydrogen-bond acceptors (Lipinski definition) is 2. The zero-order valence-corrected chi connectivity index (χ0v) is 15.3. The van der Waals surface area contributed by atoms with Crippen molar-refractivity contribution < 1.29 is 4.79 Å². The normalized spacial score (nSPS) is 17.0. The molecule has 4 nitrogen and oxygen atoms in total. The fraction of sp³-hybridized carbons (Fsp3) is 0.524. The van der Waals surface area contributed by atoms with E-state index < -0.39 is 0 Å². The molecule has 132 valence electrons. The standard InChI is InChI=1S/C21H27N3O/c1-15-8-3-6-11-17(15)21(25)24(16-9-4-5-10-16)14-19-18-12-7-13-20(18)23(2)22-19/h3,6,8,11,16H,4-5,7,9-10,12-14H2,1-2H3. The largest absolute Gasteiger partial charge is 0.330 e. The Hall–Kier alpha value is -2.10. The van der Waals surface area contributed by atoms with Gasteiger partial charge in [-0.3, -0.25) is 9.48 Å². The highest BCUT2D eigenvalue weighted by Gasteiger charge is 2.31. The van der Waals surface area contributed by atoms with E-state index in [0.29, 0.717) is 12.6 Å². The predicted octanol–water partition coefficient (Wildman–Crippen LogP) is 3.80. The number of amides is 1. The van der Waals surface area contributed by atoms with E-state index in [2.05, 4.69) is 4.90 Å². The molecule has 0 aliphatic heterocycles. The highest BCUT2D eigenvalue weighted by Crippen LogP contribution is 2.30. The van der Waals surface area contributed by atoms with Gasteiger partial charge in [0.1, 0.15) is 0 Å². The molecule has 1 heterocycles. The SMILES string of the molecule is Cc1ccccc1C(=O)N(Cc1nn(C)c2c1CCC2)C1CCCC1. The van der Waals surface area contributed by atoms with Crippen molar-refractivity contribution in [1.29, 1.82) is 0 Å². The van der Waals surface area contributed by atoms with Crippen molar-refractivity contribution in [3.05, 3.63) is 52.3 Å². The van der Waals surface area contributed by atoms with Crippen LogP contribution in [0.2, 0.25) is 0 Å². The third-order valence-corrected chi connectivity index (χ3v) is 5.92. The lowest BCUT2D eigenvalue weighted by Gasteiger charge is -2.29. The first kappa shape index (κ1) is 16.4. The Morgan fingerprint density at radius 2 is 1.96 bits per heavy atom. The van der Waals surface area contributed by atoms with Crippen molar-refractivity contribution in [2.75, 3.05) is 0 Å². The Kier molecular flexibility index (Phi) is 4.36. The van der Waals surface area contributed by atoms with Crippen LogP contribution in [0.4, 0.5) is 0 Å². The quantitative estimate of drug-likeness (QED) is 0.851. The minimum Gasteiger partial charge on any atom is -0.330 e. The highest BCUT2D eigenvalue weighted by molar-refractivity contribution is 5.95. The minimum atomic E-state index is 0.169. The lowest BCUT2D eigenvalue weighted by molar-refractivity contribution is 0.0660. The second-order valence-electron chi connectivity index (χ2n) is 7.54. The summed E-state index contributed by atoms with van der Waals surface area (Å²) in [6, 6.07) is 8.30. The van der Waals surface area contributed by atoms with Crippen molar-refractivity contribution in [2.24, 2.45) is 7.05 Å². The molecule has 2 aliphatic rings. The van der Waals surface area contributed by atoms with Crippen LogP contribution in [0, 0.1) is 6.92 Å². The lowest BCUT2D eigenvalue weighted by Crippen LogP contribution is -2.39. The molecule has 0 unspecified atom stereocenters. The van der Waals surface area contributed by atoms with E-state index in [9.17, 15) is 4.79 Å². The van der Waals surface area contributed by atoms with Crippen molar-refractivity contribution >= 4 is 5.91 Å². The van der Waals surface area contributed by atoms with Gasteiger partial charge in [0.05, 0.1) is 12.2 Å². The Bertz CT molecular complexity index is 786. The Morgan fingerprint density at radius 3 is 2.72 bits per heavy atom. The first-order valence-corrected chi connectivity index (χ1v) is 9.55. The Balaban J connectivity index is 1.66. The van der Waals surface area contributed by atoms with Crippen LogP contribution in [0.15, 0.2) is 24.3 Å². The maximum Gasteiger partial charge on any atom is 0.254 e. The minimum absolute atomic E-state index is 0.169. The molecular formula is C21H27N3O. The number of benzene rings is 1. The number of fused-ring (bicyclic) bond motifs is 1. The van der Waals surface area contributed by atoms with Gasteiger partial charge in [-0.15, -0.1) is 0 Å². The molecule has 1 aromatic carbocycles. The van der Waals surface area contributed by atoms with Crippen molar-refractivity contribution in [3.63, 3.8) is 0 Å². The molecule has 1 fully saturated rings. The smallest absolute Gasteiger partial charge is 0.254 e. The van der Waals surface area contributed by atoms with Crippen LogP contribution < -0.4 is 0 Å². The van der Waals surface area contributed by atoms with Crippen LogP contribution in [0.5, 0.6) is 0 Å². The summed E-state index contributed by atoms with van der Waals surface area (Å²) in [7, 11) is 2.04. The molecular weight excluding hydrogens is 310 g/mol. The molecule has 0 spiro atoms. The second kappa shape index (κ2) is 6.66. The molecule has 2 aliphatic carbocycles. The molecule has 2 aromatic rings. The number of carbonyl (C=O) groups is 1. The summed E-state index contributed by atoms with van der Waals surface area (Å²) in [4.78, 5) is 15.5. The molecule has 0 saturated heterocycles. The molecule has 0 atom stereocenters. The van der Waals surface area contributed by atoms with E-state index >= 15 is 0 Å². The lowest BCUT2D eigenvalue weighted by atomic mass is 10.0. The highest BCUT2D eigenvalue weighted by atomic mass is 16.2. The van der Waals surface area contributed by atoms with Crippen molar-refractivity contribution in [1.82, 2.24) is 14.7 Å². The van der Waals surface area contributed by atoms with Gasteiger partial charge >= 0.3 is 0 Å². The van der Waals surface area contributed by atoms with Gasteiger partial charge in [-0.1, -0.05) is 31.0 Å². The van der Waals surface area contributed by atoms with Gasteiger partial charge in [0, 0.05) is 24.3 Å². The summed E-state index contributed by atoms with van der Waals surface area (Å²) < 4.78 is 2.03. The molecule has 1 saturated carbocycles. The van der Waals surface area contributed by atoms with E-state index in [-0.39, 0.29) is 5.91 Å². The van der Waals surface area contributed by atoms with Gasteiger partial charge in [0.15, 0.2) is 0 Å². The van der Waals surface area contributed by atoms with E-state index in [1.165, 1.54) is 30.5 Å². The Morgan fingerprint density at radius 1 is 1.20 bits per heavy atom. The van der Waals surface area contributed by atoms with Crippen LogP contribution in [-0.2, 0) is 26.4 Å². The van der Waals surface area contributed by atoms with E-state index in [4.69, 9.17) is 5.10 Å². The predicted molar refractivity (Wildman–Crippen MR) is 98.5 cm³/mol. The molecule has 1 amide bonds. The number of aryl methyl sites for hydroxylation is 2. The maximum absolute atomic E-state index is 13.4. The van der Waals surface area contributed by atoms with Crippen molar-refractivity contribution in [3.8, 4) is 0 Å². The van der Waals surface area contributed by atoms with Gasteiger partial charge in [0.25, 0.3) is 5.91 Å². The number of rotatable bonds is 4. The summed E-state index contributed by atoms with van der Waals surface area (Å²) in [5.41, 5.74) is 5.76. The fourth-order valence-corrected chi connectivity index (χ4v) is 4.54. The third-order valence-electron chi connectivity index (χ3n) is 5.92. The van der Waals surface area contributed by atoms with E-state index in [0.717, 1.165) is 42.5 Å². The van der Waals surface area contributed by atoms with Crippen LogP contribution in [0.25, 0.3) is 0 Å². The third kappa shape index (κ3) is 2.99. The Labute approximate surface area is 149 Å². The first-order valence-electron chi connectivity index (χ1n) is 9.55. The first-order chi connectivity index (χ1) is 12.1. The van der Waals surface area contributed by atoms with Crippen LogP contribution in [-0.4, -0.2) is 26.6 Å². The van der Waals surface area contributed by atoms with Crippen LogP contribution >= 0.6 is 0 Å². The van der Waals surface area contributed by atoms with Crippen LogP contribution in [0.1, 0.15) is 65.0 Å². The average Bonchev–Trinajstić information content (AvgIpc) is 3.33. The molecule has 0 radical (unpaired) electrons. The zero-order chi connectivity index (χ0) is 17.4. The van der Waals surface area contributed by atoms with Crippen LogP contribution in [0.3, 0.4) is 0 Å². The van der Waals surface area contributed by atoms with E-state index in [1.54, 1.807) is 0 Å². The van der Waals surface area contributed by atoms with Gasteiger partial charge < -0.3 is 4.90 Å². The molecule has 0 N–H and O–H groups in total. The number of hydrogen-bond donors (Lipinski definition) is 0. The zero-order valence-electron chi connectivity index (χ0n) is 15.3. The fourth-order valence-electron chi connectivity index (χ4n) is 4.54. The number of carbonyl (C=O) groups excluding carboxylic acids is 1. The number of nitrogens with zero attached hydrogens (tertiary/aromatic N) is 3. The molecule has 1 aromatic heterocycles. The second-order valence-corrected chi connectivity index (χ2v) is 7.54. The number of aromatic nitrogens is 2. The van der Waals surface area contributed by atoms with Gasteiger partial charge in [0.2, 0.25) is 0 Å². The molecule has 25 heavy (non-hydrogen) atoms. The van der Waals surface area contributed by atoms with Gasteiger partial charge in [-0.05, 0) is 56.2 Å². The average molecular weight is 337 g/mol. The maximum atomic E-state index is 13.4. The summed E-state index contributed by atoms with van der Waals surface area (Å²) in [5, 5.41) is 4.76.